The summed E-state index contributed by atoms with van der Waals surface area (Å²) in [5.74, 6) is 1.05. The van der Waals surface area contributed by atoms with Crippen LogP contribution in [0.15, 0.2) is 9.59 Å². The number of aromatic amines is 1. The van der Waals surface area contributed by atoms with Crippen molar-refractivity contribution in [2.45, 2.75) is 79.3 Å². The Morgan fingerprint density at radius 2 is 1.83 bits per heavy atom. The quantitative estimate of drug-likeness (QED) is 0.622. The Labute approximate surface area is 171 Å². The maximum Gasteiger partial charge on any atom is 0.330 e. The standard InChI is InChI=1S/C21H35N5O3/c1-6-8-12-24(5)17(27)11-10-16-22-19-18(26(16)14-15(3)4)20(28)23-21(29)25(19)13-9-7-2/h15H,6-14H2,1-5H3,(H,23,28,29). The molecule has 0 aliphatic rings. The zero-order chi connectivity index (χ0) is 21.6. The Morgan fingerprint density at radius 3 is 2.45 bits per heavy atom. The van der Waals surface area contributed by atoms with Gasteiger partial charge in [0.05, 0.1) is 0 Å². The van der Waals surface area contributed by atoms with E-state index < -0.39 is 11.2 Å². The molecule has 0 unspecified atom stereocenters. The molecule has 1 N–H and O–H groups in total. The predicted octanol–water partition coefficient (Wildman–Crippen LogP) is 2.53. The van der Waals surface area contributed by atoms with Crippen molar-refractivity contribution in [3.8, 4) is 0 Å². The van der Waals surface area contributed by atoms with Gasteiger partial charge in [0.15, 0.2) is 11.2 Å². The molecule has 0 radical (unpaired) electrons. The average molecular weight is 406 g/mol. The Hall–Kier alpha value is -2.38. The lowest BCUT2D eigenvalue weighted by molar-refractivity contribution is -0.129. The molecule has 0 bridgehead atoms. The molecule has 0 aliphatic heterocycles. The summed E-state index contributed by atoms with van der Waals surface area (Å²) < 4.78 is 3.44. The van der Waals surface area contributed by atoms with Gasteiger partial charge in [0.1, 0.15) is 5.82 Å². The highest BCUT2D eigenvalue weighted by Crippen LogP contribution is 2.16. The molecule has 0 aliphatic carbocycles. The Morgan fingerprint density at radius 1 is 1.14 bits per heavy atom. The Kier molecular flexibility index (Phi) is 8.22. The Balaban J connectivity index is 2.43. The molecular formula is C21H35N5O3. The second-order valence-electron chi connectivity index (χ2n) is 8.14. The van der Waals surface area contributed by atoms with Gasteiger partial charge in [0.2, 0.25) is 5.91 Å². The fourth-order valence-corrected chi connectivity index (χ4v) is 3.42. The summed E-state index contributed by atoms with van der Waals surface area (Å²) in [4.78, 5) is 46.3. The normalized spacial score (nSPS) is 11.5. The van der Waals surface area contributed by atoms with E-state index in [0.29, 0.717) is 48.8 Å². The number of fused-ring (bicyclic) bond motifs is 1. The smallest absolute Gasteiger partial charge is 0.330 e. The molecule has 0 atom stereocenters. The minimum atomic E-state index is -0.424. The van der Waals surface area contributed by atoms with E-state index in [-0.39, 0.29) is 5.91 Å². The van der Waals surface area contributed by atoms with E-state index in [9.17, 15) is 14.4 Å². The van der Waals surface area contributed by atoms with Crippen LogP contribution >= 0.6 is 0 Å². The molecule has 2 rings (SSSR count). The van der Waals surface area contributed by atoms with Crippen LogP contribution in [-0.2, 0) is 24.3 Å². The third-order valence-corrected chi connectivity index (χ3v) is 5.08. The van der Waals surface area contributed by atoms with Crippen molar-refractivity contribution in [1.82, 2.24) is 24.0 Å². The van der Waals surface area contributed by atoms with Crippen molar-refractivity contribution in [3.05, 3.63) is 26.7 Å². The molecule has 0 spiro atoms. The number of unbranched alkanes of at least 4 members (excludes halogenated alkanes) is 2. The summed E-state index contributed by atoms with van der Waals surface area (Å²) in [6.07, 6.45) is 4.56. The van der Waals surface area contributed by atoms with Crippen LogP contribution in [0.25, 0.3) is 11.2 Å². The third-order valence-electron chi connectivity index (χ3n) is 5.08. The maximum absolute atomic E-state index is 12.6. The van der Waals surface area contributed by atoms with Crippen LogP contribution in [0.1, 0.15) is 65.6 Å². The number of aryl methyl sites for hydroxylation is 2. The van der Waals surface area contributed by atoms with E-state index in [2.05, 4.69) is 37.7 Å². The van der Waals surface area contributed by atoms with E-state index in [4.69, 9.17) is 0 Å². The van der Waals surface area contributed by atoms with Crippen LogP contribution in [0.3, 0.4) is 0 Å². The molecule has 2 aromatic rings. The number of rotatable bonds is 11. The number of hydrogen-bond acceptors (Lipinski definition) is 4. The zero-order valence-corrected chi connectivity index (χ0v) is 18.5. The third kappa shape index (κ3) is 5.58. The fourth-order valence-electron chi connectivity index (χ4n) is 3.42. The first-order valence-electron chi connectivity index (χ1n) is 10.8. The molecule has 2 aromatic heterocycles. The average Bonchev–Trinajstić information content (AvgIpc) is 3.01. The summed E-state index contributed by atoms with van der Waals surface area (Å²) in [5, 5.41) is 0. The fraction of sp³-hybridized carbons (Fsp3) is 0.714. The first-order valence-corrected chi connectivity index (χ1v) is 10.8. The van der Waals surface area contributed by atoms with Gasteiger partial charge < -0.3 is 9.47 Å². The van der Waals surface area contributed by atoms with Gasteiger partial charge in [-0.05, 0) is 18.8 Å². The molecule has 162 valence electrons. The lowest BCUT2D eigenvalue weighted by atomic mass is 10.2. The van der Waals surface area contributed by atoms with E-state index in [1.54, 1.807) is 9.47 Å². The zero-order valence-electron chi connectivity index (χ0n) is 18.5. The van der Waals surface area contributed by atoms with Crippen LogP contribution in [0.4, 0.5) is 0 Å². The molecule has 8 nitrogen and oxygen atoms in total. The summed E-state index contributed by atoms with van der Waals surface area (Å²) >= 11 is 0. The largest absolute Gasteiger partial charge is 0.346 e. The maximum atomic E-state index is 12.6. The number of amides is 1. The van der Waals surface area contributed by atoms with E-state index in [1.165, 1.54) is 0 Å². The van der Waals surface area contributed by atoms with Crippen LogP contribution in [-0.4, -0.2) is 43.5 Å². The number of aromatic nitrogens is 4. The molecule has 29 heavy (non-hydrogen) atoms. The highest BCUT2D eigenvalue weighted by molar-refractivity contribution is 5.76. The van der Waals surface area contributed by atoms with Gasteiger partial charge in [-0.1, -0.05) is 40.5 Å². The van der Waals surface area contributed by atoms with Crippen molar-refractivity contribution >= 4 is 17.1 Å². The number of carbonyl (C=O) groups is 1. The van der Waals surface area contributed by atoms with Gasteiger partial charge in [-0.25, -0.2) is 9.78 Å². The van der Waals surface area contributed by atoms with Crippen molar-refractivity contribution in [3.63, 3.8) is 0 Å². The van der Waals surface area contributed by atoms with Crippen molar-refractivity contribution < 1.29 is 4.79 Å². The highest BCUT2D eigenvalue weighted by atomic mass is 16.2. The van der Waals surface area contributed by atoms with Gasteiger partial charge in [-0.2, -0.15) is 0 Å². The van der Waals surface area contributed by atoms with Gasteiger partial charge in [-0.15, -0.1) is 0 Å². The number of nitrogens with one attached hydrogen (secondary N) is 1. The van der Waals surface area contributed by atoms with E-state index >= 15 is 0 Å². The topological polar surface area (TPSA) is 93.0 Å². The highest BCUT2D eigenvalue weighted by Gasteiger charge is 2.20. The number of H-pyrrole nitrogens is 1. The van der Waals surface area contributed by atoms with E-state index in [0.717, 1.165) is 32.2 Å². The van der Waals surface area contributed by atoms with Crippen LogP contribution in [0.5, 0.6) is 0 Å². The lowest BCUT2D eigenvalue weighted by Crippen LogP contribution is -2.31. The summed E-state index contributed by atoms with van der Waals surface area (Å²) in [6, 6.07) is 0. The minimum absolute atomic E-state index is 0.0684. The Bertz CT molecular complexity index is 938. The molecule has 2 heterocycles. The van der Waals surface area contributed by atoms with Crippen molar-refractivity contribution in [2.24, 2.45) is 5.92 Å². The number of nitrogens with zero attached hydrogens (tertiary/aromatic N) is 4. The summed E-state index contributed by atoms with van der Waals surface area (Å²) in [5.41, 5.74) is 0.0152. The molecule has 1 amide bonds. The van der Waals surface area contributed by atoms with Gasteiger partial charge >= 0.3 is 5.69 Å². The van der Waals surface area contributed by atoms with Gasteiger partial charge in [-0.3, -0.25) is 19.1 Å². The first-order chi connectivity index (χ1) is 13.8. The molecule has 0 saturated carbocycles. The molecule has 0 fully saturated rings. The van der Waals surface area contributed by atoms with Crippen LogP contribution in [0.2, 0.25) is 0 Å². The SMILES string of the molecule is CCCCN(C)C(=O)CCc1nc2c(c(=O)[nH]c(=O)n2CCCC)n1CC(C)C. The second kappa shape index (κ2) is 10.4. The van der Waals surface area contributed by atoms with Crippen LogP contribution < -0.4 is 11.2 Å². The summed E-state index contributed by atoms with van der Waals surface area (Å²) in [6.45, 7) is 10.2. The predicted molar refractivity (Wildman–Crippen MR) is 115 cm³/mol. The molecule has 8 heteroatoms. The first kappa shape index (κ1) is 22.9. The van der Waals surface area contributed by atoms with E-state index in [1.807, 2.05) is 11.6 Å². The van der Waals surface area contributed by atoms with Gasteiger partial charge in [0, 0.05) is 39.5 Å². The lowest BCUT2D eigenvalue weighted by Gasteiger charge is -2.17. The molecular weight excluding hydrogens is 370 g/mol. The number of imidazole rings is 1. The summed E-state index contributed by atoms with van der Waals surface area (Å²) in [7, 11) is 1.82. The molecule has 0 saturated heterocycles. The minimum Gasteiger partial charge on any atom is -0.346 e. The molecule has 0 aromatic carbocycles. The second-order valence-corrected chi connectivity index (χ2v) is 8.14. The monoisotopic (exact) mass is 405 g/mol. The van der Waals surface area contributed by atoms with Crippen LogP contribution in [0, 0.1) is 5.92 Å². The van der Waals surface area contributed by atoms with Crippen molar-refractivity contribution in [1.29, 1.82) is 0 Å². The number of carbonyl (C=O) groups excluding carboxylic acids is 1. The number of hydrogen-bond donors (Lipinski definition) is 1. The van der Waals surface area contributed by atoms with Gasteiger partial charge in [0.25, 0.3) is 5.56 Å². The van der Waals surface area contributed by atoms with Crippen molar-refractivity contribution in [2.75, 3.05) is 13.6 Å².